The summed E-state index contributed by atoms with van der Waals surface area (Å²) in [6.45, 7) is 0.990. The second-order valence-corrected chi connectivity index (χ2v) is 5.18. The van der Waals surface area contributed by atoms with Gasteiger partial charge in [-0.3, -0.25) is 4.90 Å². The van der Waals surface area contributed by atoms with Crippen LogP contribution < -0.4 is 0 Å². The molecule has 2 rings (SSSR count). The van der Waals surface area contributed by atoms with E-state index in [2.05, 4.69) is 4.90 Å². The minimum absolute atomic E-state index is 0.0224. The SMILES string of the molecule is OCC1CCCN(C(CO)c2ccccc2)C1CO. The highest BCUT2D eigenvalue weighted by Crippen LogP contribution is 2.31. The molecule has 1 aromatic carbocycles. The maximum absolute atomic E-state index is 9.72. The van der Waals surface area contributed by atoms with Crippen molar-refractivity contribution in [3.63, 3.8) is 0 Å². The van der Waals surface area contributed by atoms with Crippen LogP contribution >= 0.6 is 0 Å². The van der Waals surface area contributed by atoms with Crippen molar-refractivity contribution < 1.29 is 15.3 Å². The third kappa shape index (κ3) is 3.15. The molecule has 19 heavy (non-hydrogen) atoms. The van der Waals surface area contributed by atoms with E-state index < -0.39 is 0 Å². The summed E-state index contributed by atoms with van der Waals surface area (Å²) in [5, 5.41) is 28.8. The van der Waals surface area contributed by atoms with Crippen molar-refractivity contribution >= 4 is 0 Å². The smallest absolute Gasteiger partial charge is 0.0628 e. The third-order valence-electron chi connectivity index (χ3n) is 4.14. The molecule has 4 nitrogen and oxygen atoms in total. The molecule has 0 amide bonds. The Morgan fingerprint density at radius 1 is 1.11 bits per heavy atom. The van der Waals surface area contributed by atoms with Gasteiger partial charge in [-0.25, -0.2) is 0 Å². The number of hydrogen-bond acceptors (Lipinski definition) is 4. The molecule has 1 aliphatic heterocycles. The lowest BCUT2D eigenvalue weighted by Crippen LogP contribution is -2.50. The molecule has 0 aromatic heterocycles. The van der Waals surface area contributed by atoms with Crippen LogP contribution in [0.25, 0.3) is 0 Å². The second-order valence-electron chi connectivity index (χ2n) is 5.18. The first kappa shape index (κ1) is 14.5. The number of nitrogens with zero attached hydrogens (tertiary/aromatic N) is 1. The average Bonchev–Trinajstić information content (AvgIpc) is 2.48. The van der Waals surface area contributed by atoms with Gasteiger partial charge in [0, 0.05) is 12.6 Å². The van der Waals surface area contributed by atoms with E-state index in [1.165, 1.54) is 0 Å². The summed E-state index contributed by atoms with van der Waals surface area (Å²) in [6.07, 6.45) is 1.93. The molecule has 0 radical (unpaired) electrons. The van der Waals surface area contributed by atoms with Crippen LogP contribution in [0.15, 0.2) is 30.3 Å². The summed E-state index contributed by atoms with van der Waals surface area (Å²) >= 11 is 0. The Bertz CT molecular complexity index is 371. The van der Waals surface area contributed by atoms with E-state index in [1.807, 2.05) is 30.3 Å². The number of piperidine rings is 1. The van der Waals surface area contributed by atoms with Gasteiger partial charge in [-0.05, 0) is 30.9 Å². The number of rotatable bonds is 5. The number of aliphatic hydroxyl groups is 3. The van der Waals surface area contributed by atoms with Crippen molar-refractivity contribution in [2.75, 3.05) is 26.4 Å². The van der Waals surface area contributed by atoms with Crippen LogP contribution in [-0.2, 0) is 0 Å². The Hall–Kier alpha value is -0.940. The highest BCUT2D eigenvalue weighted by atomic mass is 16.3. The minimum atomic E-state index is -0.104. The highest BCUT2D eigenvalue weighted by molar-refractivity contribution is 5.19. The number of hydrogen-bond donors (Lipinski definition) is 3. The molecule has 0 bridgehead atoms. The quantitative estimate of drug-likeness (QED) is 0.736. The van der Waals surface area contributed by atoms with E-state index in [4.69, 9.17) is 0 Å². The largest absolute Gasteiger partial charge is 0.396 e. The van der Waals surface area contributed by atoms with Crippen molar-refractivity contribution in [1.82, 2.24) is 4.90 Å². The molecule has 3 unspecified atom stereocenters. The summed E-state index contributed by atoms with van der Waals surface area (Å²) < 4.78 is 0. The van der Waals surface area contributed by atoms with Gasteiger partial charge in [0.15, 0.2) is 0 Å². The molecule has 4 heteroatoms. The first-order valence-corrected chi connectivity index (χ1v) is 6.95. The molecule has 3 N–H and O–H groups in total. The molecule has 1 heterocycles. The first-order valence-electron chi connectivity index (χ1n) is 6.95. The number of likely N-dealkylation sites (tertiary alicyclic amines) is 1. The lowest BCUT2D eigenvalue weighted by Gasteiger charge is -2.44. The Balaban J connectivity index is 2.21. The summed E-state index contributed by atoms with van der Waals surface area (Å²) in [4.78, 5) is 2.14. The second kappa shape index (κ2) is 7.01. The Morgan fingerprint density at radius 2 is 1.84 bits per heavy atom. The fraction of sp³-hybridized carbons (Fsp3) is 0.600. The molecule has 1 fully saturated rings. The van der Waals surface area contributed by atoms with Crippen LogP contribution in [-0.4, -0.2) is 52.6 Å². The number of aliphatic hydroxyl groups excluding tert-OH is 3. The molecule has 1 aliphatic rings. The zero-order chi connectivity index (χ0) is 13.7. The van der Waals surface area contributed by atoms with E-state index in [1.54, 1.807) is 0 Å². The van der Waals surface area contributed by atoms with Crippen LogP contribution in [0.4, 0.5) is 0 Å². The summed E-state index contributed by atoms with van der Waals surface area (Å²) in [7, 11) is 0. The maximum Gasteiger partial charge on any atom is 0.0628 e. The van der Waals surface area contributed by atoms with Gasteiger partial charge in [0.1, 0.15) is 0 Å². The van der Waals surface area contributed by atoms with Crippen LogP contribution in [0.5, 0.6) is 0 Å². The van der Waals surface area contributed by atoms with Crippen molar-refractivity contribution in [3.05, 3.63) is 35.9 Å². The van der Waals surface area contributed by atoms with Gasteiger partial charge in [-0.15, -0.1) is 0 Å². The molecule has 3 atom stereocenters. The highest BCUT2D eigenvalue weighted by Gasteiger charge is 2.34. The third-order valence-corrected chi connectivity index (χ3v) is 4.14. The summed E-state index contributed by atoms with van der Waals surface area (Å²) in [6, 6.07) is 9.69. The van der Waals surface area contributed by atoms with E-state index in [-0.39, 0.29) is 37.8 Å². The van der Waals surface area contributed by atoms with E-state index in [9.17, 15) is 15.3 Å². The fourth-order valence-electron chi connectivity index (χ4n) is 3.10. The first-order chi connectivity index (χ1) is 9.31. The topological polar surface area (TPSA) is 63.9 Å². The molecule has 1 aromatic rings. The van der Waals surface area contributed by atoms with Gasteiger partial charge >= 0.3 is 0 Å². The molecular weight excluding hydrogens is 242 g/mol. The van der Waals surface area contributed by atoms with Gasteiger partial charge in [-0.1, -0.05) is 30.3 Å². The lowest BCUT2D eigenvalue weighted by molar-refractivity contribution is -0.0200. The van der Waals surface area contributed by atoms with Crippen molar-refractivity contribution in [2.45, 2.75) is 24.9 Å². The summed E-state index contributed by atoms with van der Waals surface area (Å²) in [5.74, 6) is 0.0940. The standard InChI is InChI=1S/C15H23NO3/c17-9-13-7-4-8-16(15(13)11-19)14(10-18)12-5-2-1-3-6-12/h1-3,5-6,13-15,17-19H,4,7-11H2. The van der Waals surface area contributed by atoms with E-state index in [0.717, 1.165) is 24.9 Å². The van der Waals surface area contributed by atoms with E-state index in [0.29, 0.717) is 0 Å². The monoisotopic (exact) mass is 265 g/mol. The average molecular weight is 265 g/mol. The molecule has 0 aliphatic carbocycles. The summed E-state index contributed by atoms with van der Waals surface area (Å²) in [5.41, 5.74) is 1.06. The van der Waals surface area contributed by atoms with Gasteiger partial charge < -0.3 is 15.3 Å². The molecule has 0 saturated carbocycles. The van der Waals surface area contributed by atoms with Crippen LogP contribution in [0.1, 0.15) is 24.4 Å². The predicted octanol–water partition coefficient (Wildman–Crippen LogP) is 0.785. The normalized spacial score (nSPS) is 26.3. The Morgan fingerprint density at radius 3 is 2.42 bits per heavy atom. The van der Waals surface area contributed by atoms with Crippen LogP contribution in [0, 0.1) is 5.92 Å². The van der Waals surface area contributed by atoms with Crippen molar-refractivity contribution in [1.29, 1.82) is 0 Å². The van der Waals surface area contributed by atoms with Gasteiger partial charge in [0.25, 0.3) is 0 Å². The Kier molecular flexibility index (Phi) is 5.34. The maximum atomic E-state index is 9.72. The van der Waals surface area contributed by atoms with Gasteiger partial charge in [0.2, 0.25) is 0 Å². The molecular formula is C15H23NO3. The molecule has 1 saturated heterocycles. The fourth-order valence-corrected chi connectivity index (χ4v) is 3.10. The van der Waals surface area contributed by atoms with Crippen LogP contribution in [0.2, 0.25) is 0 Å². The minimum Gasteiger partial charge on any atom is -0.396 e. The predicted molar refractivity (Wildman–Crippen MR) is 73.7 cm³/mol. The van der Waals surface area contributed by atoms with Crippen LogP contribution in [0.3, 0.4) is 0 Å². The Labute approximate surface area is 114 Å². The van der Waals surface area contributed by atoms with Gasteiger partial charge in [-0.2, -0.15) is 0 Å². The van der Waals surface area contributed by atoms with E-state index >= 15 is 0 Å². The molecule has 106 valence electrons. The lowest BCUT2D eigenvalue weighted by atomic mass is 9.88. The van der Waals surface area contributed by atoms with Crippen molar-refractivity contribution in [2.24, 2.45) is 5.92 Å². The zero-order valence-corrected chi connectivity index (χ0v) is 11.2. The zero-order valence-electron chi connectivity index (χ0n) is 11.2. The van der Waals surface area contributed by atoms with Crippen molar-refractivity contribution in [3.8, 4) is 0 Å². The number of benzene rings is 1. The molecule has 0 spiro atoms. The van der Waals surface area contributed by atoms with Gasteiger partial charge in [0.05, 0.1) is 19.3 Å².